The molecule has 4 heteroatoms. The van der Waals surface area contributed by atoms with Gasteiger partial charge in [-0.2, -0.15) is 0 Å². The Labute approximate surface area is 110 Å². The van der Waals surface area contributed by atoms with E-state index < -0.39 is 0 Å². The molecule has 0 radical (unpaired) electrons. The third kappa shape index (κ3) is 3.45. The summed E-state index contributed by atoms with van der Waals surface area (Å²) in [5.74, 6) is 0.288. The quantitative estimate of drug-likeness (QED) is 0.831. The number of nitrogens with one attached hydrogen (secondary N) is 1. The second-order valence-corrected chi connectivity index (χ2v) is 6.06. The predicted octanol–water partition coefficient (Wildman–Crippen LogP) is 1.55. The molecule has 0 spiro atoms. The summed E-state index contributed by atoms with van der Waals surface area (Å²) in [7, 11) is 0. The highest BCUT2D eigenvalue weighted by molar-refractivity contribution is 5.77. The molecule has 1 amide bonds. The number of carbonyl (C=O) groups is 1. The van der Waals surface area contributed by atoms with Gasteiger partial charge in [-0.3, -0.25) is 4.79 Å². The molecule has 2 heterocycles. The molecular formula is C14H26N2O2. The summed E-state index contributed by atoms with van der Waals surface area (Å²) in [6, 6.07) is 0. The Bertz CT molecular complexity index is 286. The van der Waals surface area contributed by atoms with Crippen LogP contribution < -0.4 is 5.32 Å². The molecule has 2 saturated heterocycles. The van der Waals surface area contributed by atoms with Crippen molar-refractivity contribution < 1.29 is 9.53 Å². The van der Waals surface area contributed by atoms with E-state index in [1.165, 1.54) is 12.8 Å². The van der Waals surface area contributed by atoms with E-state index in [0.717, 1.165) is 39.1 Å². The maximum absolute atomic E-state index is 12.3. The molecule has 0 aromatic rings. The summed E-state index contributed by atoms with van der Waals surface area (Å²) < 4.78 is 5.68. The fraction of sp³-hybridized carbons (Fsp3) is 0.929. The van der Waals surface area contributed by atoms with Gasteiger partial charge in [0, 0.05) is 38.2 Å². The first kappa shape index (κ1) is 13.8. The van der Waals surface area contributed by atoms with Crippen LogP contribution in [0.2, 0.25) is 0 Å². The molecule has 1 atom stereocenters. The third-order valence-corrected chi connectivity index (χ3v) is 4.06. The summed E-state index contributed by atoms with van der Waals surface area (Å²) in [6.07, 6.45) is 5.38. The van der Waals surface area contributed by atoms with Crippen molar-refractivity contribution in [3.63, 3.8) is 0 Å². The summed E-state index contributed by atoms with van der Waals surface area (Å²) in [6.45, 7) is 7.77. The summed E-state index contributed by atoms with van der Waals surface area (Å²) in [5, 5.41) is 3.35. The standard InChI is InChI=1S/C14H26N2O2/c1-14(2)11-15-8-9-16(14)13(17)7-6-12-5-3-4-10-18-12/h12,15H,3-11H2,1-2H3. The SMILES string of the molecule is CC1(C)CNCCN1C(=O)CCC1CCCCO1. The number of rotatable bonds is 3. The average Bonchev–Trinajstić information content (AvgIpc) is 2.37. The van der Waals surface area contributed by atoms with Crippen molar-refractivity contribution >= 4 is 5.91 Å². The van der Waals surface area contributed by atoms with E-state index in [2.05, 4.69) is 19.2 Å². The maximum Gasteiger partial charge on any atom is 0.223 e. The highest BCUT2D eigenvalue weighted by Gasteiger charge is 2.33. The lowest BCUT2D eigenvalue weighted by Gasteiger charge is -2.43. The second kappa shape index (κ2) is 6.02. The van der Waals surface area contributed by atoms with Crippen molar-refractivity contribution in [2.45, 2.75) is 57.6 Å². The lowest BCUT2D eigenvalue weighted by molar-refractivity contribution is -0.138. The summed E-state index contributed by atoms with van der Waals surface area (Å²) in [4.78, 5) is 14.3. The van der Waals surface area contributed by atoms with Gasteiger partial charge in [0.2, 0.25) is 5.91 Å². The van der Waals surface area contributed by atoms with Crippen LogP contribution in [0.1, 0.15) is 46.0 Å². The Hall–Kier alpha value is -0.610. The Morgan fingerprint density at radius 1 is 1.44 bits per heavy atom. The van der Waals surface area contributed by atoms with Gasteiger partial charge in [-0.15, -0.1) is 0 Å². The fourth-order valence-corrected chi connectivity index (χ4v) is 2.90. The van der Waals surface area contributed by atoms with Crippen molar-refractivity contribution in [2.24, 2.45) is 0 Å². The van der Waals surface area contributed by atoms with E-state index in [1.54, 1.807) is 0 Å². The molecule has 4 nitrogen and oxygen atoms in total. The zero-order chi connectivity index (χ0) is 13.0. The van der Waals surface area contributed by atoms with Gasteiger partial charge in [-0.05, 0) is 39.5 Å². The molecule has 2 rings (SSSR count). The molecule has 0 bridgehead atoms. The van der Waals surface area contributed by atoms with Crippen molar-refractivity contribution in [3.05, 3.63) is 0 Å². The van der Waals surface area contributed by atoms with Gasteiger partial charge < -0.3 is 15.0 Å². The zero-order valence-electron chi connectivity index (χ0n) is 11.7. The number of nitrogens with zero attached hydrogens (tertiary/aromatic N) is 1. The van der Waals surface area contributed by atoms with E-state index in [1.807, 2.05) is 4.90 Å². The normalized spacial score (nSPS) is 28.1. The van der Waals surface area contributed by atoms with Crippen LogP contribution in [0.25, 0.3) is 0 Å². The summed E-state index contributed by atoms with van der Waals surface area (Å²) >= 11 is 0. The topological polar surface area (TPSA) is 41.6 Å². The number of amides is 1. The molecule has 2 fully saturated rings. The van der Waals surface area contributed by atoms with Crippen molar-refractivity contribution in [1.82, 2.24) is 10.2 Å². The summed E-state index contributed by atoms with van der Waals surface area (Å²) in [5.41, 5.74) is -0.0528. The minimum absolute atomic E-state index is 0.0528. The molecule has 18 heavy (non-hydrogen) atoms. The van der Waals surface area contributed by atoms with Crippen LogP contribution in [0, 0.1) is 0 Å². The third-order valence-electron chi connectivity index (χ3n) is 4.06. The van der Waals surface area contributed by atoms with E-state index in [4.69, 9.17) is 4.74 Å². The van der Waals surface area contributed by atoms with E-state index in [0.29, 0.717) is 12.5 Å². The smallest absolute Gasteiger partial charge is 0.223 e. The monoisotopic (exact) mass is 254 g/mol. The van der Waals surface area contributed by atoms with Crippen LogP contribution in [-0.4, -0.2) is 48.7 Å². The van der Waals surface area contributed by atoms with E-state index in [9.17, 15) is 4.79 Å². The van der Waals surface area contributed by atoms with Crippen LogP contribution in [0.15, 0.2) is 0 Å². The number of piperazine rings is 1. The minimum atomic E-state index is -0.0528. The first-order valence-electron chi connectivity index (χ1n) is 7.22. The Kier molecular flexibility index (Phi) is 4.62. The molecule has 2 aliphatic heterocycles. The Balaban J connectivity index is 1.79. The van der Waals surface area contributed by atoms with Gasteiger partial charge in [0.1, 0.15) is 0 Å². The van der Waals surface area contributed by atoms with Crippen LogP contribution in [0.3, 0.4) is 0 Å². The zero-order valence-corrected chi connectivity index (χ0v) is 11.7. The predicted molar refractivity (Wildman–Crippen MR) is 71.5 cm³/mol. The van der Waals surface area contributed by atoms with Crippen LogP contribution in [0.5, 0.6) is 0 Å². The lowest BCUT2D eigenvalue weighted by Crippen LogP contribution is -2.59. The van der Waals surface area contributed by atoms with Crippen LogP contribution in [0.4, 0.5) is 0 Å². The molecule has 2 aliphatic rings. The highest BCUT2D eigenvalue weighted by atomic mass is 16.5. The largest absolute Gasteiger partial charge is 0.378 e. The van der Waals surface area contributed by atoms with Gasteiger partial charge in [-0.1, -0.05) is 0 Å². The van der Waals surface area contributed by atoms with Gasteiger partial charge in [0.05, 0.1) is 6.10 Å². The minimum Gasteiger partial charge on any atom is -0.378 e. The van der Waals surface area contributed by atoms with Gasteiger partial charge in [0.15, 0.2) is 0 Å². The van der Waals surface area contributed by atoms with E-state index >= 15 is 0 Å². The molecule has 0 saturated carbocycles. The highest BCUT2D eigenvalue weighted by Crippen LogP contribution is 2.21. The number of hydrogen-bond acceptors (Lipinski definition) is 3. The fourth-order valence-electron chi connectivity index (χ4n) is 2.90. The van der Waals surface area contributed by atoms with Crippen molar-refractivity contribution in [1.29, 1.82) is 0 Å². The maximum atomic E-state index is 12.3. The van der Waals surface area contributed by atoms with Gasteiger partial charge >= 0.3 is 0 Å². The van der Waals surface area contributed by atoms with Crippen LogP contribution in [-0.2, 0) is 9.53 Å². The van der Waals surface area contributed by atoms with Crippen molar-refractivity contribution in [2.75, 3.05) is 26.2 Å². The molecule has 0 aromatic carbocycles. The molecule has 0 aliphatic carbocycles. The van der Waals surface area contributed by atoms with Crippen LogP contribution >= 0.6 is 0 Å². The average molecular weight is 254 g/mol. The Morgan fingerprint density at radius 3 is 2.94 bits per heavy atom. The first-order chi connectivity index (χ1) is 8.59. The number of carbonyl (C=O) groups excluding carboxylic acids is 1. The van der Waals surface area contributed by atoms with E-state index in [-0.39, 0.29) is 11.4 Å². The number of hydrogen-bond donors (Lipinski definition) is 1. The second-order valence-electron chi connectivity index (χ2n) is 6.06. The first-order valence-corrected chi connectivity index (χ1v) is 7.22. The van der Waals surface area contributed by atoms with Crippen molar-refractivity contribution in [3.8, 4) is 0 Å². The Morgan fingerprint density at radius 2 is 2.28 bits per heavy atom. The molecule has 0 aromatic heterocycles. The molecule has 1 N–H and O–H groups in total. The number of ether oxygens (including phenoxy) is 1. The van der Waals surface area contributed by atoms with Gasteiger partial charge in [-0.25, -0.2) is 0 Å². The molecular weight excluding hydrogens is 228 g/mol. The molecule has 104 valence electrons. The van der Waals surface area contributed by atoms with Gasteiger partial charge in [0.25, 0.3) is 0 Å². The molecule has 1 unspecified atom stereocenters. The lowest BCUT2D eigenvalue weighted by atomic mass is 9.98.